The molecule has 4 saturated heterocycles. The monoisotopic (exact) mass is 794 g/mol. The second kappa shape index (κ2) is 22.9. The van der Waals surface area contributed by atoms with Gasteiger partial charge >= 0.3 is 0 Å². The molecule has 4 fully saturated rings. The van der Waals surface area contributed by atoms with E-state index in [1.54, 1.807) is 6.92 Å². The van der Waals surface area contributed by atoms with Crippen LogP contribution >= 0.6 is 0 Å². The van der Waals surface area contributed by atoms with E-state index in [4.69, 9.17) is 52.1 Å². The van der Waals surface area contributed by atoms with Crippen molar-refractivity contribution in [2.45, 2.75) is 157 Å². The molecule has 0 amide bonds. The molecule has 0 aliphatic carbocycles. The van der Waals surface area contributed by atoms with E-state index in [2.05, 4.69) is 0 Å². The average molecular weight is 795 g/mol. The maximum atomic E-state index is 11.0. The van der Waals surface area contributed by atoms with Crippen molar-refractivity contribution < 1.29 is 103 Å². The molecule has 0 aromatic heterocycles. The molecule has 21 heteroatoms. The fourth-order valence-corrected chi connectivity index (χ4v) is 6.39. The fraction of sp³-hybridized carbons (Fsp3) is 1.00. The highest BCUT2D eigenvalue weighted by atomic mass is 16.8. The zero-order valence-corrected chi connectivity index (χ0v) is 31.5. The predicted molar refractivity (Wildman–Crippen MR) is 178 cm³/mol. The van der Waals surface area contributed by atoms with Crippen LogP contribution in [0, 0.1) is 0 Å². The molecule has 0 aromatic carbocycles. The van der Waals surface area contributed by atoms with Gasteiger partial charge in [-0.3, -0.25) is 0 Å². The molecule has 4 heterocycles. The Morgan fingerprint density at radius 2 is 0.778 bits per heavy atom. The zero-order chi connectivity index (χ0) is 40.3. The summed E-state index contributed by atoms with van der Waals surface area (Å²) in [5.74, 6) is 0. The molecule has 0 unspecified atom stereocenters. The zero-order valence-electron chi connectivity index (χ0n) is 31.5. The Labute approximate surface area is 314 Å². The van der Waals surface area contributed by atoms with Crippen LogP contribution < -0.4 is 0 Å². The van der Waals surface area contributed by atoms with E-state index in [-0.39, 0.29) is 26.4 Å². The van der Waals surface area contributed by atoms with Crippen LogP contribution in [-0.2, 0) is 52.1 Å². The lowest BCUT2D eigenvalue weighted by Crippen LogP contribution is -2.63. The second-order valence-electron chi connectivity index (χ2n) is 13.0. The molecule has 21 nitrogen and oxygen atoms in total. The minimum absolute atomic E-state index is 0.121. The van der Waals surface area contributed by atoms with Crippen molar-refractivity contribution in [3.05, 3.63) is 0 Å². The van der Waals surface area contributed by atoms with Crippen LogP contribution in [0.25, 0.3) is 0 Å². The quantitative estimate of drug-likeness (QED) is 0.0660. The summed E-state index contributed by atoms with van der Waals surface area (Å²) in [6.07, 6.45) is -28.3. The lowest BCUT2D eigenvalue weighted by molar-refractivity contribution is -0.350. The molecule has 54 heavy (non-hydrogen) atoms. The standard InChI is InChI=1S/C31H56O21.C2H6/c1-5-7-45-27-15(11-48-29-22(38)18(34)16(32)12(49-29)8-42-3)52-31(25(41)21(27)37)46-9-13-17(33)19(35)23(39)30(50-13)47-10-14-26(44-6-2)20(36)24(40)28(43-4)51-14;1-2/h12-41H,5-11H2,1-4H3;1-2H3/t12-,13-,14-,15-,16-,17-,18+,19+,20-,21-,22-,23-,24-,25-,26-,27-,28+,29+,30+,31+;/m1./s1. The van der Waals surface area contributed by atoms with Gasteiger partial charge in [0.2, 0.25) is 0 Å². The maximum Gasteiger partial charge on any atom is 0.186 e. The molecule has 20 atom stereocenters. The molecular formula is C33H62O21. The van der Waals surface area contributed by atoms with Gasteiger partial charge in [0.1, 0.15) is 97.7 Å². The minimum atomic E-state index is -1.80. The molecule has 4 aliphatic rings. The Bertz CT molecular complexity index is 1030. The Hall–Kier alpha value is -0.840. The summed E-state index contributed by atoms with van der Waals surface area (Å²) in [5, 5.41) is 106. The number of hydrogen-bond donors (Lipinski definition) is 10. The normalized spacial score (nSPS) is 45.8. The maximum absolute atomic E-state index is 11.0. The van der Waals surface area contributed by atoms with Crippen molar-refractivity contribution in [3.63, 3.8) is 0 Å². The van der Waals surface area contributed by atoms with Crippen LogP contribution in [0.1, 0.15) is 34.1 Å². The average Bonchev–Trinajstić information content (AvgIpc) is 3.17. The van der Waals surface area contributed by atoms with Crippen molar-refractivity contribution in [1.29, 1.82) is 0 Å². The summed E-state index contributed by atoms with van der Waals surface area (Å²) < 4.78 is 61.3. The van der Waals surface area contributed by atoms with E-state index in [0.717, 1.165) is 0 Å². The van der Waals surface area contributed by atoms with Crippen LogP contribution in [0.2, 0.25) is 0 Å². The number of aliphatic hydroxyl groups is 10. The molecule has 10 N–H and O–H groups in total. The largest absolute Gasteiger partial charge is 0.387 e. The van der Waals surface area contributed by atoms with Crippen molar-refractivity contribution in [1.82, 2.24) is 0 Å². The summed E-state index contributed by atoms with van der Waals surface area (Å²) >= 11 is 0. The Morgan fingerprint density at radius 1 is 0.407 bits per heavy atom. The highest BCUT2D eigenvalue weighted by molar-refractivity contribution is 4.95. The first-order valence-electron chi connectivity index (χ1n) is 18.3. The predicted octanol–water partition coefficient (Wildman–Crippen LogP) is -4.94. The highest BCUT2D eigenvalue weighted by Gasteiger charge is 2.51. The number of ether oxygens (including phenoxy) is 11. The first-order chi connectivity index (χ1) is 25.8. The van der Waals surface area contributed by atoms with E-state index in [1.165, 1.54) is 14.2 Å². The number of methoxy groups -OCH3 is 2. The summed E-state index contributed by atoms with van der Waals surface area (Å²) in [4.78, 5) is 0. The van der Waals surface area contributed by atoms with E-state index in [1.807, 2.05) is 20.8 Å². The van der Waals surface area contributed by atoms with Gasteiger partial charge in [-0.25, -0.2) is 0 Å². The molecule has 0 bridgehead atoms. The highest BCUT2D eigenvalue weighted by Crippen LogP contribution is 2.30. The van der Waals surface area contributed by atoms with Crippen LogP contribution in [0.5, 0.6) is 0 Å². The smallest absolute Gasteiger partial charge is 0.186 e. The molecule has 0 aromatic rings. The Kier molecular flexibility index (Phi) is 20.2. The summed E-state index contributed by atoms with van der Waals surface area (Å²) in [5.41, 5.74) is 0. The van der Waals surface area contributed by atoms with Gasteiger partial charge < -0.3 is 103 Å². The molecule has 0 radical (unpaired) electrons. The molecular weight excluding hydrogens is 732 g/mol. The Morgan fingerprint density at radius 3 is 1.20 bits per heavy atom. The summed E-state index contributed by atoms with van der Waals surface area (Å²) in [7, 11) is 2.62. The van der Waals surface area contributed by atoms with Crippen molar-refractivity contribution in [2.75, 3.05) is 53.9 Å². The lowest BCUT2D eigenvalue weighted by Gasteiger charge is -2.45. The van der Waals surface area contributed by atoms with E-state index >= 15 is 0 Å². The third-order valence-corrected chi connectivity index (χ3v) is 9.33. The van der Waals surface area contributed by atoms with Crippen molar-refractivity contribution >= 4 is 0 Å². The molecule has 4 rings (SSSR count). The molecule has 320 valence electrons. The van der Waals surface area contributed by atoms with Gasteiger partial charge in [-0.15, -0.1) is 0 Å². The SMILES string of the molecule is CC.CCCO[C@H]1[C@H](O)[C@@H](O)[C@@H](OC[C@H]2O[C@H](OC[C@H]3O[C@H](OC)[C@H](O)[C@@H](O)[C@@H]3OCC)[C@H](O)[C@@H](O)[C@@H]2O)O[C@@H]1CO[C@H]1O[C@H](COC)[C@@H](O)[C@H](O)[C@H]1O. The van der Waals surface area contributed by atoms with Gasteiger partial charge in [-0.1, -0.05) is 20.8 Å². The second-order valence-corrected chi connectivity index (χ2v) is 13.0. The number of hydrogen-bond acceptors (Lipinski definition) is 21. The third-order valence-electron chi connectivity index (χ3n) is 9.33. The van der Waals surface area contributed by atoms with Crippen molar-refractivity contribution in [3.8, 4) is 0 Å². The van der Waals surface area contributed by atoms with Gasteiger partial charge in [0.15, 0.2) is 25.2 Å². The lowest BCUT2D eigenvalue weighted by atomic mass is 9.97. The topological polar surface area (TPSA) is 304 Å². The van der Waals surface area contributed by atoms with Gasteiger partial charge in [-0.05, 0) is 13.3 Å². The van der Waals surface area contributed by atoms with Gasteiger partial charge in [0.05, 0.1) is 26.4 Å². The van der Waals surface area contributed by atoms with Gasteiger partial charge in [0.25, 0.3) is 0 Å². The molecule has 0 spiro atoms. The van der Waals surface area contributed by atoms with E-state index in [0.29, 0.717) is 6.42 Å². The van der Waals surface area contributed by atoms with Crippen molar-refractivity contribution in [2.24, 2.45) is 0 Å². The van der Waals surface area contributed by atoms with Crippen LogP contribution in [-0.4, -0.2) is 228 Å². The fourth-order valence-electron chi connectivity index (χ4n) is 6.39. The Balaban J connectivity index is 0.00000385. The third kappa shape index (κ3) is 11.4. The van der Waals surface area contributed by atoms with Crippen LogP contribution in [0.3, 0.4) is 0 Å². The molecule has 4 aliphatic heterocycles. The van der Waals surface area contributed by atoms with Crippen LogP contribution in [0.4, 0.5) is 0 Å². The van der Waals surface area contributed by atoms with Crippen LogP contribution in [0.15, 0.2) is 0 Å². The minimum Gasteiger partial charge on any atom is -0.387 e. The van der Waals surface area contributed by atoms with E-state index < -0.39 is 136 Å². The van der Waals surface area contributed by atoms with Gasteiger partial charge in [0, 0.05) is 27.4 Å². The first kappa shape index (κ1) is 47.5. The molecule has 0 saturated carbocycles. The van der Waals surface area contributed by atoms with Gasteiger partial charge in [-0.2, -0.15) is 0 Å². The number of rotatable bonds is 17. The number of aliphatic hydroxyl groups excluding tert-OH is 10. The first-order valence-corrected chi connectivity index (χ1v) is 18.3. The van der Waals surface area contributed by atoms with E-state index in [9.17, 15) is 51.1 Å². The summed E-state index contributed by atoms with van der Waals surface area (Å²) in [6, 6.07) is 0. The summed E-state index contributed by atoms with van der Waals surface area (Å²) in [6.45, 7) is 6.30.